The van der Waals surface area contributed by atoms with Crippen LogP contribution in [0.15, 0.2) is 30.3 Å². The van der Waals surface area contributed by atoms with Crippen molar-refractivity contribution in [2.45, 2.75) is 19.0 Å². The summed E-state index contributed by atoms with van der Waals surface area (Å²) < 4.78 is 48.1. The molecule has 1 aromatic carbocycles. The van der Waals surface area contributed by atoms with Crippen molar-refractivity contribution in [1.29, 1.82) is 0 Å². The Morgan fingerprint density at radius 2 is 1.74 bits per heavy atom. The molecule has 0 aliphatic carbocycles. The third kappa shape index (κ3) is 8.14. The predicted octanol–water partition coefficient (Wildman–Crippen LogP) is 2.53. The molecule has 1 amide bonds. The lowest BCUT2D eigenvalue weighted by atomic mass is 9.71. The summed E-state index contributed by atoms with van der Waals surface area (Å²) in [4.78, 5) is 25.9. The summed E-state index contributed by atoms with van der Waals surface area (Å²) in [5.41, 5.74) is 0.251. The van der Waals surface area contributed by atoms with Crippen LogP contribution in [0, 0.1) is 11.3 Å². The number of carbonyl (C=O) groups excluding carboxylic acids is 1. The Morgan fingerprint density at radius 1 is 1.12 bits per heavy atom. The highest BCUT2D eigenvalue weighted by molar-refractivity contribution is 5.77. The van der Waals surface area contributed by atoms with Crippen LogP contribution in [0.1, 0.15) is 12.8 Å². The number of methoxy groups -OCH3 is 2. The van der Waals surface area contributed by atoms with E-state index >= 15 is 0 Å². The summed E-state index contributed by atoms with van der Waals surface area (Å²) in [6, 6.07) is 9.51. The van der Waals surface area contributed by atoms with Crippen LogP contribution >= 0.6 is 0 Å². The number of halogens is 3. The standard InChI is InChI=1S/C21H32N2O4.C2HF3O2/c1-25-13-12-22-14-18(15-26-2)21(17-22)8-10-23(11-9-21)20(24)16-27-19-6-4-3-5-7-19;3-2(4,5)1(6)7/h3-7,18H,8-17H2,1-2H3;(H,6,7). The van der Waals surface area contributed by atoms with Crippen LogP contribution in [0.5, 0.6) is 5.75 Å². The van der Waals surface area contributed by atoms with Gasteiger partial charge in [0.05, 0.1) is 13.2 Å². The van der Waals surface area contributed by atoms with Crippen molar-refractivity contribution in [2.75, 3.05) is 66.8 Å². The lowest BCUT2D eigenvalue weighted by Crippen LogP contribution is -2.48. The number of piperidine rings is 1. The lowest BCUT2D eigenvalue weighted by molar-refractivity contribution is -0.192. The zero-order chi connectivity index (χ0) is 25.2. The van der Waals surface area contributed by atoms with E-state index in [2.05, 4.69) is 4.90 Å². The van der Waals surface area contributed by atoms with Gasteiger partial charge in [-0.1, -0.05) is 18.2 Å². The van der Waals surface area contributed by atoms with Crippen molar-refractivity contribution in [2.24, 2.45) is 11.3 Å². The number of aliphatic carboxylic acids is 1. The monoisotopic (exact) mass is 490 g/mol. The Balaban J connectivity index is 0.000000509. The van der Waals surface area contributed by atoms with Crippen molar-refractivity contribution >= 4 is 11.9 Å². The number of nitrogens with zero attached hydrogens (tertiary/aromatic N) is 2. The molecule has 8 nitrogen and oxygen atoms in total. The molecule has 1 spiro atoms. The fraction of sp³-hybridized carbons (Fsp3) is 0.652. The molecule has 34 heavy (non-hydrogen) atoms. The molecule has 2 fully saturated rings. The number of hydrogen-bond donors (Lipinski definition) is 1. The number of hydrogen-bond acceptors (Lipinski definition) is 6. The average Bonchev–Trinajstić information content (AvgIpc) is 3.13. The molecule has 1 unspecified atom stereocenters. The van der Waals surface area contributed by atoms with E-state index in [9.17, 15) is 18.0 Å². The van der Waals surface area contributed by atoms with Crippen molar-refractivity contribution in [1.82, 2.24) is 9.80 Å². The van der Waals surface area contributed by atoms with Crippen LogP contribution in [-0.2, 0) is 19.1 Å². The molecule has 1 aromatic rings. The molecular formula is C23H33F3N2O6. The molecule has 1 N–H and O–H groups in total. The number of benzene rings is 1. The first-order valence-corrected chi connectivity index (χ1v) is 11.1. The van der Waals surface area contributed by atoms with Gasteiger partial charge in [-0.05, 0) is 30.4 Å². The summed E-state index contributed by atoms with van der Waals surface area (Å²) in [7, 11) is 3.53. The molecule has 0 saturated carbocycles. The van der Waals surface area contributed by atoms with Gasteiger partial charge in [0.1, 0.15) is 5.75 Å². The second-order valence-corrected chi connectivity index (χ2v) is 8.53. The fourth-order valence-electron chi connectivity index (χ4n) is 4.49. The van der Waals surface area contributed by atoms with Crippen molar-refractivity contribution in [3.63, 3.8) is 0 Å². The zero-order valence-corrected chi connectivity index (χ0v) is 19.6. The first kappa shape index (κ1) is 27.9. The van der Waals surface area contributed by atoms with E-state index in [1.54, 1.807) is 14.2 Å². The Labute approximate surface area is 197 Å². The molecule has 11 heteroatoms. The number of para-hydroxylation sites is 1. The lowest BCUT2D eigenvalue weighted by Gasteiger charge is -2.42. The average molecular weight is 491 g/mol. The molecule has 0 radical (unpaired) electrons. The molecule has 2 aliphatic heterocycles. The highest BCUT2D eigenvalue weighted by Crippen LogP contribution is 2.44. The van der Waals surface area contributed by atoms with Crippen molar-refractivity contribution < 1.29 is 42.1 Å². The molecule has 192 valence electrons. The fourth-order valence-corrected chi connectivity index (χ4v) is 4.49. The highest BCUT2D eigenvalue weighted by atomic mass is 19.4. The van der Waals surface area contributed by atoms with Crippen LogP contribution in [0.2, 0.25) is 0 Å². The normalized spacial score (nSPS) is 20.0. The number of carboxylic acid groups (broad SMARTS) is 1. The van der Waals surface area contributed by atoms with Gasteiger partial charge < -0.3 is 29.1 Å². The summed E-state index contributed by atoms with van der Waals surface area (Å²) >= 11 is 0. The van der Waals surface area contributed by atoms with E-state index in [0.29, 0.717) is 5.92 Å². The Bertz CT molecular complexity index is 770. The first-order valence-electron chi connectivity index (χ1n) is 11.1. The molecule has 2 aliphatic rings. The maximum absolute atomic E-state index is 12.5. The van der Waals surface area contributed by atoms with Crippen molar-refractivity contribution in [3.8, 4) is 5.75 Å². The van der Waals surface area contributed by atoms with Gasteiger partial charge in [0, 0.05) is 52.9 Å². The smallest absolute Gasteiger partial charge is 0.484 e. The van der Waals surface area contributed by atoms with Gasteiger partial charge in [-0.2, -0.15) is 13.2 Å². The van der Waals surface area contributed by atoms with Crippen LogP contribution in [0.4, 0.5) is 13.2 Å². The number of carbonyl (C=O) groups is 2. The van der Waals surface area contributed by atoms with Gasteiger partial charge in [-0.15, -0.1) is 0 Å². The van der Waals surface area contributed by atoms with Gasteiger partial charge in [0.15, 0.2) is 6.61 Å². The molecule has 2 saturated heterocycles. The second-order valence-electron chi connectivity index (χ2n) is 8.53. The summed E-state index contributed by atoms with van der Waals surface area (Å²) in [5.74, 6) is -1.42. The van der Waals surface area contributed by atoms with E-state index in [1.165, 1.54) is 0 Å². The van der Waals surface area contributed by atoms with Crippen molar-refractivity contribution in [3.05, 3.63) is 30.3 Å². The molecule has 0 bridgehead atoms. The summed E-state index contributed by atoms with van der Waals surface area (Å²) in [6.07, 6.45) is -3.02. The van der Waals surface area contributed by atoms with E-state index < -0.39 is 12.1 Å². The third-order valence-corrected chi connectivity index (χ3v) is 6.32. The summed E-state index contributed by atoms with van der Waals surface area (Å²) in [6.45, 7) is 6.36. The van der Waals surface area contributed by atoms with Gasteiger partial charge in [-0.25, -0.2) is 4.79 Å². The van der Waals surface area contributed by atoms with Crippen LogP contribution < -0.4 is 4.74 Å². The van der Waals surface area contributed by atoms with Gasteiger partial charge in [0.25, 0.3) is 5.91 Å². The number of carboxylic acids is 1. The number of rotatable bonds is 8. The molecule has 1 atom stereocenters. The largest absolute Gasteiger partial charge is 0.490 e. The predicted molar refractivity (Wildman–Crippen MR) is 118 cm³/mol. The van der Waals surface area contributed by atoms with E-state index in [-0.39, 0.29) is 17.9 Å². The minimum absolute atomic E-state index is 0.0752. The van der Waals surface area contributed by atoms with Gasteiger partial charge >= 0.3 is 12.1 Å². The highest BCUT2D eigenvalue weighted by Gasteiger charge is 2.48. The number of likely N-dealkylation sites (tertiary alicyclic amines) is 2. The van der Waals surface area contributed by atoms with E-state index in [1.807, 2.05) is 35.2 Å². The minimum Gasteiger partial charge on any atom is -0.484 e. The minimum atomic E-state index is -5.08. The van der Waals surface area contributed by atoms with E-state index in [0.717, 1.165) is 64.5 Å². The van der Waals surface area contributed by atoms with Crippen LogP contribution in [0.3, 0.4) is 0 Å². The molecule has 2 heterocycles. The number of ether oxygens (including phenoxy) is 3. The maximum atomic E-state index is 12.5. The maximum Gasteiger partial charge on any atom is 0.490 e. The molecular weight excluding hydrogens is 457 g/mol. The Kier molecular flexibility index (Phi) is 10.6. The number of amides is 1. The van der Waals surface area contributed by atoms with Crippen LogP contribution in [-0.4, -0.2) is 99.7 Å². The first-order chi connectivity index (χ1) is 16.1. The number of alkyl halides is 3. The zero-order valence-electron chi connectivity index (χ0n) is 19.6. The van der Waals surface area contributed by atoms with Gasteiger partial charge in [0.2, 0.25) is 0 Å². The third-order valence-electron chi connectivity index (χ3n) is 6.32. The second kappa shape index (κ2) is 12.9. The van der Waals surface area contributed by atoms with Crippen LogP contribution in [0.25, 0.3) is 0 Å². The summed E-state index contributed by atoms with van der Waals surface area (Å²) in [5, 5.41) is 7.12. The van der Waals surface area contributed by atoms with E-state index in [4.69, 9.17) is 24.1 Å². The quantitative estimate of drug-likeness (QED) is 0.599. The Morgan fingerprint density at radius 3 is 2.26 bits per heavy atom. The molecule has 3 rings (SSSR count). The Hall–Kier alpha value is -2.37. The SMILES string of the molecule is COCCN1CC(COC)C2(CCN(C(=O)COc3ccccc3)CC2)C1.O=C(O)C(F)(F)F. The van der Waals surface area contributed by atoms with Gasteiger partial charge in [-0.3, -0.25) is 4.79 Å². The topological polar surface area (TPSA) is 88.5 Å². The molecule has 0 aromatic heterocycles.